The summed E-state index contributed by atoms with van der Waals surface area (Å²) in [6.07, 6.45) is 50.2. The number of unbranched alkanes of at least 4 members (excludes halogenated alkanes) is 25. The van der Waals surface area contributed by atoms with Gasteiger partial charge in [0, 0.05) is 19.6 Å². The maximum Gasteiger partial charge on any atom is 0.472 e. The molecule has 0 aromatic heterocycles. The Morgan fingerprint density at radius 3 is 1.44 bits per heavy atom. The number of hydrogen-bond donors (Lipinski definition) is 2. The van der Waals surface area contributed by atoms with E-state index in [0.717, 1.165) is 51.4 Å². The van der Waals surface area contributed by atoms with Gasteiger partial charge in [-0.1, -0.05) is 192 Å². The molecular weight excluding hydrogens is 709 g/mol. The Bertz CT molecular complexity index is 941. The Kier molecular flexibility index (Phi) is 42.8. The summed E-state index contributed by atoms with van der Waals surface area (Å²) in [5, 5.41) is 0. The molecule has 0 aromatic carbocycles. The second-order valence-corrected chi connectivity index (χ2v) is 16.7. The SMILES string of the molecule is CCCCCCC/C=C\C/C=C\C/C=C\CCCCCCCCCCC(=O)OC(COCCCCCCCCCCCCCCC)COP(=O)(O)OCCN. The number of carbonyl (C=O) groups excluding carboxylic acids is 1. The van der Waals surface area contributed by atoms with Crippen molar-refractivity contribution >= 4 is 13.8 Å². The lowest BCUT2D eigenvalue weighted by molar-refractivity contribution is -0.154. The van der Waals surface area contributed by atoms with E-state index in [1.165, 1.54) is 141 Å². The molecule has 0 bridgehead atoms. The largest absolute Gasteiger partial charge is 0.472 e. The van der Waals surface area contributed by atoms with Crippen molar-refractivity contribution in [1.82, 2.24) is 0 Å². The zero-order valence-electron chi connectivity index (χ0n) is 35.9. The van der Waals surface area contributed by atoms with Crippen molar-refractivity contribution in [3.63, 3.8) is 0 Å². The molecule has 3 N–H and O–H groups in total. The number of ether oxygens (including phenoxy) is 2. The van der Waals surface area contributed by atoms with E-state index in [0.29, 0.717) is 13.0 Å². The summed E-state index contributed by atoms with van der Waals surface area (Å²) < 4.78 is 33.4. The van der Waals surface area contributed by atoms with Crippen LogP contribution in [-0.4, -0.2) is 49.9 Å². The third kappa shape index (κ3) is 43.7. The lowest BCUT2D eigenvalue weighted by atomic mass is 10.0. The van der Waals surface area contributed by atoms with Crippen LogP contribution in [0.3, 0.4) is 0 Å². The maximum atomic E-state index is 12.6. The van der Waals surface area contributed by atoms with Gasteiger partial charge in [-0.2, -0.15) is 0 Å². The zero-order valence-corrected chi connectivity index (χ0v) is 36.8. The van der Waals surface area contributed by atoms with Crippen LogP contribution in [0.1, 0.15) is 213 Å². The number of esters is 1. The third-order valence-electron chi connectivity index (χ3n) is 9.81. The molecule has 324 valence electrons. The van der Waals surface area contributed by atoms with Gasteiger partial charge in [-0.25, -0.2) is 4.57 Å². The molecule has 0 fully saturated rings. The van der Waals surface area contributed by atoms with Gasteiger partial charge in [0.1, 0.15) is 6.10 Å². The van der Waals surface area contributed by atoms with E-state index in [2.05, 4.69) is 50.3 Å². The first kappa shape index (κ1) is 53.7. The lowest BCUT2D eigenvalue weighted by Crippen LogP contribution is -2.28. The Labute approximate surface area is 339 Å². The minimum Gasteiger partial charge on any atom is -0.457 e. The number of phosphoric acid groups is 1. The summed E-state index contributed by atoms with van der Waals surface area (Å²) in [7, 11) is -4.28. The number of phosphoric ester groups is 1. The molecule has 0 saturated carbocycles. The average Bonchev–Trinajstić information content (AvgIpc) is 3.17. The highest BCUT2D eigenvalue weighted by Crippen LogP contribution is 2.43. The predicted octanol–water partition coefficient (Wildman–Crippen LogP) is 13.8. The fourth-order valence-corrected chi connectivity index (χ4v) is 7.18. The molecule has 0 aromatic rings. The van der Waals surface area contributed by atoms with E-state index in [9.17, 15) is 14.3 Å². The van der Waals surface area contributed by atoms with Gasteiger partial charge in [-0.15, -0.1) is 0 Å². The molecular formula is C46H88NO7P. The first-order valence-electron chi connectivity index (χ1n) is 23.0. The number of rotatable bonds is 44. The highest BCUT2D eigenvalue weighted by Gasteiger charge is 2.25. The molecule has 0 radical (unpaired) electrons. The van der Waals surface area contributed by atoms with Gasteiger partial charge >= 0.3 is 13.8 Å². The first-order valence-corrected chi connectivity index (χ1v) is 24.5. The summed E-state index contributed by atoms with van der Waals surface area (Å²) in [6, 6.07) is 0. The van der Waals surface area contributed by atoms with Crippen molar-refractivity contribution in [3.8, 4) is 0 Å². The normalized spacial score (nSPS) is 13.7. The van der Waals surface area contributed by atoms with Crippen LogP contribution in [0.2, 0.25) is 0 Å². The average molecular weight is 798 g/mol. The van der Waals surface area contributed by atoms with Crippen molar-refractivity contribution in [2.75, 3.05) is 33.0 Å². The van der Waals surface area contributed by atoms with Gasteiger partial charge in [0.05, 0.1) is 19.8 Å². The maximum absolute atomic E-state index is 12.6. The van der Waals surface area contributed by atoms with E-state index in [1.807, 2.05) is 0 Å². The zero-order chi connectivity index (χ0) is 40.2. The molecule has 2 atom stereocenters. The summed E-state index contributed by atoms with van der Waals surface area (Å²) in [6.45, 7) is 4.93. The molecule has 0 rings (SSSR count). The Morgan fingerprint density at radius 2 is 0.964 bits per heavy atom. The number of hydrogen-bond acceptors (Lipinski definition) is 7. The number of allylic oxidation sites excluding steroid dienone is 6. The highest BCUT2D eigenvalue weighted by molar-refractivity contribution is 7.47. The van der Waals surface area contributed by atoms with Crippen LogP contribution < -0.4 is 5.73 Å². The fraction of sp³-hybridized carbons (Fsp3) is 0.848. The minimum absolute atomic E-state index is 0.0961. The second kappa shape index (κ2) is 43.8. The van der Waals surface area contributed by atoms with E-state index in [4.69, 9.17) is 24.3 Å². The lowest BCUT2D eigenvalue weighted by Gasteiger charge is -2.20. The van der Waals surface area contributed by atoms with Gasteiger partial charge in [0.2, 0.25) is 0 Å². The van der Waals surface area contributed by atoms with Crippen LogP contribution in [0.15, 0.2) is 36.5 Å². The summed E-state index contributed by atoms with van der Waals surface area (Å²) in [4.78, 5) is 22.5. The smallest absolute Gasteiger partial charge is 0.457 e. The number of nitrogens with two attached hydrogens (primary N) is 1. The summed E-state index contributed by atoms with van der Waals surface area (Å²) >= 11 is 0. The van der Waals surface area contributed by atoms with Crippen LogP contribution in [0, 0.1) is 0 Å². The molecule has 0 aliphatic carbocycles. The van der Waals surface area contributed by atoms with Gasteiger partial charge in [-0.3, -0.25) is 13.8 Å². The number of carbonyl (C=O) groups is 1. The van der Waals surface area contributed by atoms with Crippen molar-refractivity contribution in [2.24, 2.45) is 5.73 Å². The van der Waals surface area contributed by atoms with Crippen LogP contribution >= 0.6 is 7.82 Å². The summed E-state index contributed by atoms with van der Waals surface area (Å²) in [5.74, 6) is -0.335. The minimum atomic E-state index is -4.28. The van der Waals surface area contributed by atoms with Crippen molar-refractivity contribution < 1.29 is 32.8 Å². The quantitative estimate of drug-likeness (QED) is 0.0271. The van der Waals surface area contributed by atoms with Gasteiger partial charge < -0.3 is 20.1 Å². The van der Waals surface area contributed by atoms with Crippen LogP contribution in [0.4, 0.5) is 0 Å². The third-order valence-corrected chi connectivity index (χ3v) is 10.8. The second-order valence-electron chi connectivity index (χ2n) is 15.3. The topological polar surface area (TPSA) is 117 Å². The monoisotopic (exact) mass is 798 g/mol. The van der Waals surface area contributed by atoms with Crippen molar-refractivity contribution in [2.45, 2.75) is 219 Å². The highest BCUT2D eigenvalue weighted by atomic mass is 31.2. The fourth-order valence-electron chi connectivity index (χ4n) is 6.42. The van der Waals surface area contributed by atoms with E-state index in [1.54, 1.807) is 0 Å². The molecule has 0 aliphatic rings. The molecule has 2 unspecified atom stereocenters. The van der Waals surface area contributed by atoms with E-state index >= 15 is 0 Å². The van der Waals surface area contributed by atoms with Gasteiger partial charge in [0.25, 0.3) is 0 Å². The molecule has 0 aliphatic heterocycles. The van der Waals surface area contributed by atoms with Gasteiger partial charge in [-0.05, 0) is 51.4 Å². The predicted molar refractivity (Wildman–Crippen MR) is 233 cm³/mol. The standard InChI is InChI=1S/C46H88NO7P/c1-3-5-7-9-11-13-15-17-18-19-20-21-22-23-24-25-26-27-29-31-33-35-37-39-46(48)54-45(44-53-55(49,50)52-42-40-47)43-51-41-38-36-34-32-30-28-16-14-12-10-8-6-4-2/h15,17,19-20,22-23,45H,3-14,16,18,21,24-44,47H2,1-2H3,(H,49,50)/b17-15-,20-19-,23-22-. The van der Waals surface area contributed by atoms with E-state index in [-0.39, 0.29) is 32.3 Å². The summed E-state index contributed by atoms with van der Waals surface area (Å²) in [5.41, 5.74) is 5.37. The van der Waals surface area contributed by atoms with E-state index < -0.39 is 13.9 Å². The van der Waals surface area contributed by atoms with Crippen LogP contribution in [-0.2, 0) is 27.9 Å². The molecule has 55 heavy (non-hydrogen) atoms. The molecule has 8 nitrogen and oxygen atoms in total. The molecule has 9 heteroatoms. The van der Waals surface area contributed by atoms with Gasteiger partial charge in [0.15, 0.2) is 0 Å². The first-order chi connectivity index (χ1) is 26.9. The Morgan fingerprint density at radius 1 is 0.545 bits per heavy atom. The van der Waals surface area contributed by atoms with Crippen molar-refractivity contribution in [3.05, 3.63) is 36.5 Å². The van der Waals surface area contributed by atoms with Crippen LogP contribution in [0.5, 0.6) is 0 Å². The molecule has 0 heterocycles. The Hall–Kier alpha value is -1.28. The Balaban J connectivity index is 3.98. The molecule has 0 spiro atoms. The molecule has 0 saturated heterocycles. The van der Waals surface area contributed by atoms with Crippen LogP contribution in [0.25, 0.3) is 0 Å². The van der Waals surface area contributed by atoms with Crippen molar-refractivity contribution in [1.29, 1.82) is 0 Å². The molecule has 0 amide bonds.